The fraction of sp³-hybridized carbons (Fsp3) is 0.467. The van der Waals surface area contributed by atoms with E-state index in [4.69, 9.17) is 0 Å². The first-order valence-electron chi connectivity index (χ1n) is 7.18. The number of hydrogen-bond donors (Lipinski definition) is 2. The lowest BCUT2D eigenvalue weighted by molar-refractivity contribution is -0.126. The topological polar surface area (TPSA) is 61.4 Å². The van der Waals surface area contributed by atoms with Gasteiger partial charge in [0.1, 0.15) is 0 Å². The SMILES string of the molecule is Cl.O=C(NCC1CNC1)C1CC(=O)N(c2ccccc2Br)C1. The molecule has 2 aliphatic rings. The Hall–Kier alpha value is -1.11. The van der Waals surface area contributed by atoms with E-state index in [0.29, 0.717) is 19.0 Å². The van der Waals surface area contributed by atoms with Crippen molar-refractivity contribution in [2.24, 2.45) is 11.8 Å². The van der Waals surface area contributed by atoms with E-state index in [1.165, 1.54) is 0 Å². The second-order valence-electron chi connectivity index (χ2n) is 5.63. The van der Waals surface area contributed by atoms with Gasteiger partial charge in [0, 0.05) is 43.0 Å². The molecule has 1 aromatic rings. The van der Waals surface area contributed by atoms with Gasteiger partial charge in [-0.3, -0.25) is 9.59 Å². The van der Waals surface area contributed by atoms with Gasteiger partial charge in [-0.2, -0.15) is 0 Å². The van der Waals surface area contributed by atoms with Gasteiger partial charge in [0.15, 0.2) is 0 Å². The molecule has 2 aliphatic heterocycles. The zero-order chi connectivity index (χ0) is 14.8. The molecule has 3 rings (SSSR count). The molecule has 0 spiro atoms. The number of anilines is 1. The lowest BCUT2D eigenvalue weighted by atomic mass is 10.0. The number of benzene rings is 1. The Morgan fingerprint density at radius 1 is 1.36 bits per heavy atom. The van der Waals surface area contributed by atoms with Crippen LogP contribution in [0.25, 0.3) is 0 Å². The standard InChI is InChI=1S/C15H18BrN3O2.ClH/c16-12-3-1-2-4-13(12)19-9-11(5-14(19)20)15(21)18-8-10-6-17-7-10;/h1-4,10-11,17H,5-9H2,(H,18,21);1H. The Bertz CT molecular complexity index is 565. The van der Waals surface area contributed by atoms with Crippen molar-refractivity contribution in [3.05, 3.63) is 28.7 Å². The molecule has 2 heterocycles. The summed E-state index contributed by atoms with van der Waals surface area (Å²) < 4.78 is 0.875. The molecular weight excluding hydrogens is 370 g/mol. The summed E-state index contributed by atoms with van der Waals surface area (Å²) in [4.78, 5) is 26.0. The summed E-state index contributed by atoms with van der Waals surface area (Å²) in [5.41, 5.74) is 0.834. The summed E-state index contributed by atoms with van der Waals surface area (Å²) in [5, 5.41) is 6.14. The molecule has 0 saturated carbocycles. The van der Waals surface area contributed by atoms with Crippen LogP contribution < -0.4 is 15.5 Å². The minimum Gasteiger partial charge on any atom is -0.355 e. The van der Waals surface area contributed by atoms with Gasteiger partial charge in [0.05, 0.1) is 11.6 Å². The summed E-state index contributed by atoms with van der Waals surface area (Å²) in [7, 11) is 0. The molecule has 1 atom stereocenters. The predicted molar refractivity (Wildman–Crippen MR) is 91.2 cm³/mol. The highest BCUT2D eigenvalue weighted by Gasteiger charge is 2.36. The summed E-state index contributed by atoms with van der Waals surface area (Å²) in [5.74, 6) is 0.278. The van der Waals surface area contributed by atoms with E-state index in [9.17, 15) is 9.59 Å². The van der Waals surface area contributed by atoms with Gasteiger partial charge < -0.3 is 15.5 Å². The van der Waals surface area contributed by atoms with Gasteiger partial charge in [-0.25, -0.2) is 0 Å². The largest absolute Gasteiger partial charge is 0.355 e. The number of carbonyl (C=O) groups is 2. The van der Waals surface area contributed by atoms with E-state index >= 15 is 0 Å². The van der Waals surface area contributed by atoms with Crippen molar-refractivity contribution in [1.29, 1.82) is 0 Å². The first-order chi connectivity index (χ1) is 10.1. The van der Waals surface area contributed by atoms with Crippen molar-refractivity contribution in [3.8, 4) is 0 Å². The maximum atomic E-state index is 12.2. The third-order valence-corrected chi connectivity index (χ3v) is 4.74. The monoisotopic (exact) mass is 387 g/mol. The number of para-hydroxylation sites is 1. The van der Waals surface area contributed by atoms with Gasteiger partial charge in [-0.05, 0) is 28.1 Å². The predicted octanol–water partition coefficient (Wildman–Crippen LogP) is 1.56. The van der Waals surface area contributed by atoms with Crippen molar-refractivity contribution in [2.75, 3.05) is 31.1 Å². The average Bonchev–Trinajstić information content (AvgIpc) is 2.79. The van der Waals surface area contributed by atoms with Crippen molar-refractivity contribution in [1.82, 2.24) is 10.6 Å². The van der Waals surface area contributed by atoms with E-state index in [1.807, 2.05) is 24.3 Å². The Morgan fingerprint density at radius 3 is 2.73 bits per heavy atom. The zero-order valence-electron chi connectivity index (χ0n) is 12.0. The molecule has 0 aromatic heterocycles. The third kappa shape index (κ3) is 3.62. The van der Waals surface area contributed by atoms with Crippen molar-refractivity contribution in [2.45, 2.75) is 6.42 Å². The number of amides is 2. The van der Waals surface area contributed by atoms with Gasteiger partial charge in [0.2, 0.25) is 11.8 Å². The van der Waals surface area contributed by atoms with E-state index < -0.39 is 0 Å². The van der Waals surface area contributed by atoms with Crippen LogP contribution in [0.1, 0.15) is 6.42 Å². The zero-order valence-corrected chi connectivity index (χ0v) is 14.5. The lowest BCUT2D eigenvalue weighted by Crippen LogP contribution is -2.49. The molecule has 2 amide bonds. The van der Waals surface area contributed by atoms with Gasteiger partial charge in [0.25, 0.3) is 0 Å². The molecule has 2 saturated heterocycles. The summed E-state index contributed by atoms with van der Waals surface area (Å²) in [6, 6.07) is 7.59. The highest BCUT2D eigenvalue weighted by atomic mass is 79.9. The van der Waals surface area contributed by atoms with Crippen LogP contribution in [0.4, 0.5) is 5.69 Å². The van der Waals surface area contributed by atoms with Crippen molar-refractivity contribution in [3.63, 3.8) is 0 Å². The van der Waals surface area contributed by atoms with Crippen LogP contribution in [0.2, 0.25) is 0 Å². The summed E-state index contributed by atoms with van der Waals surface area (Å²) >= 11 is 3.46. The molecule has 0 bridgehead atoms. The number of carbonyl (C=O) groups excluding carboxylic acids is 2. The van der Waals surface area contributed by atoms with E-state index in [0.717, 1.165) is 23.2 Å². The molecular formula is C15H19BrClN3O2. The van der Waals surface area contributed by atoms with Crippen LogP contribution in [0.3, 0.4) is 0 Å². The Morgan fingerprint density at radius 2 is 2.09 bits per heavy atom. The molecule has 5 nitrogen and oxygen atoms in total. The van der Waals surface area contributed by atoms with Gasteiger partial charge in [-0.15, -0.1) is 12.4 Å². The molecule has 7 heteroatoms. The quantitative estimate of drug-likeness (QED) is 0.823. The Kier molecular flexibility index (Phi) is 5.83. The van der Waals surface area contributed by atoms with Crippen LogP contribution in [-0.4, -0.2) is 38.0 Å². The maximum absolute atomic E-state index is 12.2. The Labute approximate surface area is 144 Å². The number of nitrogens with one attached hydrogen (secondary N) is 2. The summed E-state index contributed by atoms with van der Waals surface area (Å²) in [6.45, 7) is 3.09. The lowest BCUT2D eigenvalue weighted by Gasteiger charge is -2.27. The van der Waals surface area contributed by atoms with Crippen molar-refractivity contribution >= 4 is 45.8 Å². The van der Waals surface area contributed by atoms with Crippen LogP contribution in [0.5, 0.6) is 0 Å². The second-order valence-corrected chi connectivity index (χ2v) is 6.48. The highest BCUT2D eigenvalue weighted by Crippen LogP contribution is 2.31. The number of halogens is 2. The first-order valence-corrected chi connectivity index (χ1v) is 7.98. The first kappa shape index (κ1) is 17.2. The van der Waals surface area contributed by atoms with E-state index in [-0.39, 0.29) is 36.6 Å². The molecule has 1 aromatic carbocycles. The van der Waals surface area contributed by atoms with Gasteiger partial charge >= 0.3 is 0 Å². The normalized spacial score (nSPS) is 21.2. The minimum atomic E-state index is -0.252. The second kappa shape index (κ2) is 7.44. The fourth-order valence-corrected chi connectivity index (χ4v) is 3.17. The molecule has 0 radical (unpaired) electrons. The van der Waals surface area contributed by atoms with Crippen LogP contribution in [0, 0.1) is 11.8 Å². The van der Waals surface area contributed by atoms with Crippen LogP contribution in [-0.2, 0) is 9.59 Å². The van der Waals surface area contributed by atoms with E-state index in [1.54, 1.807) is 4.90 Å². The fourth-order valence-electron chi connectivity index (χ4n) is 2.67. The molecule has 120 valence electrons. The molecule has 2 fully saturated rings. The van der Waals surface area contributed by atoms with Crippen LogP contribution in [0.15, 0.2) is 28.7 Å². The average molecular weight is 389 g/mol. The number of rotatable bonds is 4. The Balaban J connectivity index is 0.00000176. The minimum absolute atomic E-state index is 0. The third-order valence-electron chi connectivity index (χ3n) is 4.07. The summed E-state index contributed by atoms with van der Waals surface area (Å²) in [6.07, 6.45) is 0.288. The molecule has 22 heavy (non-hydrogen) atoms. The molecule has 1 unspecified atom stereocenters. The number of nitrogens with zero attached hydrogens (tertiary/aromatic N) is 1. The molecule has 2 N–H and O–H groups in total. The van der Waals surface area contributed by atoms with Crippen LogP contribution >= 0.6 is 28.3 Å². The highest BCUT2D eigenvalue weighted by molar-refractivity contribution is 9.10. The van der Waals surface area contributed by atoms with E-state index in [2.05, 4.69) is 26.6 Å². The molecule has 0 aliphatic carbocycles. The van der Waals surface area contributed by atoms with Crippen molar-refractivity contribution < 1.29 is 9.59 Å². The number of hydrogen-bond acceptors (Lipinski definition) is 3. The smallest absolute Gasteiger partial charge is 0.227 e. The maximum Gasteiger partial charge on any atom is 0.227 e. The van der Waals surface area contributed by atoms with Gasteiger partial charge in [-0.1, -0.05) is 12.1 Å².